The molecule has 6 nitrogen and oxygen atoms in total. The van der Waals surface area contributed by atoms with Crippen LogP contribution in [-0.2, 0) is 17.8 Å². The van der Waals surface area contributed by atoms with Gasteiger partial charge in [0.15, 0.2) is 0 Å². The van der Waals surface area contributed by atoms with E-state index in [1.165, 1.54) is 0 Å². The number of likely N-dealkylation sites (N-methyl/N-ethyl adjacent to an activating group) is 1. The van der Waals surface area contributed by atoms with Crippen LogP contribution < -0.4 is 0 Å². The second kappa shape index (κ2) is 7.32. The van der Waals surface area contributed by atoms with Crippen molar-refractivity contribution >= 4 is 16.9 Å². The van der Waals surface area contributed by atoms with Gasteiger partial charge >= 0.3 is 0 Å². The standard InChI is InChI=1S/C20H26N4O2/c1-6-17(20(25)23(5)12-15-13(3)22-26-14(15)4)24-18-11-9-8-10-16(18)21-19(24)7-2/h8-11,17H,6-7,12H2,1-5H3/t17-/m0/s1. The minimum atomic E-state index is -0.275. The molecular formula is C20H26N4O2. The molecule has 0 aliphatic carbocycles. The van der Waals surface area contributed by atoms with E-state index in [1.807, 2.05) is 52.1 Å². The second-order valence-corrected chi connectivity index (χ2v) is 6.66. The molecule has 0 aliphatic heterocycles. The molecule has 1 amide bonds. The molecule has 0 unspecified atom stereocenters. The van der Waals surface area contributed by atoms with Crippen molar-refractivity contribution in [3.05, 3.63) is 47.1 Å². The van der Waals surface area contributed by atoms with Crippen molar-refractivity contribution in [1.29, 1.82) is 0 Å². The fraction of sp³-hybridized carbons (Fsp3) is 0.450. The van der Waals surface area contributed by atoms with Crippen molar-refractivity contribution < 1.29 is 9.32 Å². The van der Waals surface area contributed by atoms with Gasteiger partial charge in [0.1, 0.15) is 17.6 Å². The van der Waals surface area contributed by atoms with Crippen molar-refractivity contribution in [3.8, 4) is 0 Å². The molecule has 0 saturated carbocycles. The first-order valence-electron chi connectivity index (χ1n) is 9.10. The third kappa shape index (κ3) is 3.11. The van der Waals surface area contributed by atoms with Gasteiger partial charge in [0, 0.05) is 19.0 Å². The predicted octanol–water partition coefficient (Wildman–Crippen LogP) is 3.81. The number of rotatable bonds is 6. The lowest BCUT2D eigenvalue weighted by Gasteiger charge is -2.25. The van der Waals surface area contributed by atoms with E-state index in [0.29, 0.717) is 13.0 Å². The van der Waals surface area contributed by atoms with E-state index in [0.717, 1.165) is 40.3 Å². The van der Waals surface area contributed by atoms with E-state index < -0.39 is 0 Å². The van der Waals surface area contributed by atoms with Crippen LogP contribution in [0.5, 0.6) is 0 Å². The Hall–Kier alpha value is -2.63. The van der Waals surface area contributed by atoms with Gasteiger partial charge in [-0.3, -0.25) is 4.79 Å². The van der Waals surface area contributed by atoms with Gasteiger partial charge in [-0.25, -0.2) is 4.98 Å². The minimum absolute atomic E-state index is 0.0744. The molecule has 0 fully saturated rings. The summed E-state index contributed by atoms with van der Waals surface area (Å²) in [5.74, 6) is 1.78. The summed E-state index contributed by atoms with van der Waals surface area (Å²) < 4.78 is 7.32. The van der Waals surface area contributed by atoms with Crippen molar-refractivity contribution in [2.75, 3.05) is 7.05 Å². The van der Waals surface area contributed by atoms with E-state index in [-0.39, 0.29) is 11.9 Å². The summed E-state index contributed by atoms with van der Waals surface area (Å²) in [5, 5.41) is 3.98. The number of hydrogen-bond donors (Lipinski definition) is 0. The van der Waals surface area contributed by atoms with Crippen LogP contribution >= 0.6 is 0 Å². The Morgan fingerprint density at radius 2 is 2.00 bits per heavy atom. The number of fused-ring (bicyclic) bond motifs is 1. The zero-order valence-electron chi connectivity index (χ0n) is 16.1. The predicted molar refractivity (Wildman–Crippen MR) is 101 cm³/mol. The van der Waals surface area contributed by atoms with Gasteiger partial charge in [-0.15, -0.1) is 0 Å². The second-order valence-electron chi connectivity index (χ2n) is 6.66. The van der Waals surface area contributed by atoms with Crippen LogP contribution in [0.25, 0.3) is 11.0 Å². The molecule has 0 radical (unpaired) electrons. The molecule has 0 spiro atoms. The largest absolute Gasteiger partial charge is 0.361 e. The van der Waals surface area contributed by atoms with Gasteiger partial charge in [-0.05, 0) is 32.4 Å². The highest BCUT2D eigenvalue weighted by molar-refractivity contribution is 5.84. The number of carbonyl (C=O) groups is 1. The summed E-state index contributed by atoms with van der Waals surface area (Å²) in [7, 11) is 1.83. The summed E-state index contributed by atoms with van der Waals surface area (Å²) >= 11 is 0. The molecular weight excluding hydrogens is 328 g/mol. The Morgan fingerprint density at radius 3 is 2.62 bits per heavy atom. The lowest BCUT2D eigenvalue weighted by atomic mass is 10.1. The minimum Gasteiger partial charge on any atom is -0.361 e. The number of carbonyl (C=O) groups excluding carboxylic acids is 1. The number of aromatic nitrogens is 3. The Morgan fingerprint density at radius 1 is 1.27 bits per heavy atom. The van der Waals surface area contributed by atoms with Gasteiger partial charge in [-0.1, -0.05) is 31.1 Å². The number of nitrogens with zero attached hydrogens (tertiary/aromatic N) is 4. The molecule has 3 rings (SSSR count). The van der Waals surface area contributed by atoms with Crippen molar-refractivity contribution in [2.24, 2.45) is 0 Å². The molecule has 6 heteroatoms. The monoisotopic (exact) mass is 354 g/mol. The quantitative estimate of drug-likeness (QED) is 0.675. The van der Waals surface area contributed by atoms with Gasteiger partial charge < -0.3 is 14.0 Å². The maximum atomic E-state index is 13.3. The van der Waals surface area contributed by atoms with E-state index in [4.69, 9.17) is 9.51 Å². The Balaban J connectivity index is 1.95. The smallest absolute Gasteiger partial charge is 0.245 e. The van der Waals surface area contributed by atoms with E-state index in [9.17, 15) is 4.79 Å². The number of amides is 1. The van der Waals surface area contributed by atoms with Gasteiger partial charge in [0.25, 0.3) is 0 Å². The van der Waals surface area contributed by atoms with Crippen molar-refractivity contribution in [3.63, 3.8) is 0 Å². The zero-order chi connectivity index (χ0) is 18.8. The molecule has 1 atom stereocenters. The van der Waals surface area contributed by atoms with E-state index >= 15 is 0 Å². The summed E-state index contributed by atoms with van der Waals surface area (Å²) in [6, 6.07) is 7.72. The normalized spacial score (nSPS) is 12.5. The molecule has 2 aromatic heterocycles. The molecule has 0 saturated heterocycles. The van der Waals surface area contributed by atoms with Crippen LogP contribution in [0.4, 0.5) is 0 Å². The first kappa shape index (κ1) is 18.2. The first-order valence-corrected chi connectivity index (χ1v) is 9.10. The maximum absolute atomic E-state index is 13.3. The highest BCUT2D eigenvalue weighted by Crippen LogP contribution is 2.26. The van der Waals surface area contributed by atoms with Gasteiger partial charge in [0.05, 0.1) is 23.3 Å². The molecule has 0 bridgehead atoms. The van der Waals surface area contributed by atoms with Crippen molar-refractivity contribution in [2.45, 2.75) is 53.1 Å². The third-order valence-corrected chi connectivity index (χ3v) is 4.92. The van der Waals surface area contributed by atoms with Crippen LogP contribution in [0.2, 0.25) is 0 Å². The molecule has 1 aromatic carbocycles. The summed E-state index contributed by atoms with van der Waals surface area (Å²) in [6.45, 7) is 8.39. The van der Waals surface area contributed by atoms with Crippen LogP contribution in [-0.4, -0.2) is 32.6 Å². The topological polar surface area (TPSA) is 64.2 Å². The molecule has 0 aliphatic rings. The Labute approximate surface area is 153 Å². The van der Waals surface area contributed by atoms with Crippen LogP contribution in [0, 0.1) is 13.8 Å². The lowest BCUT2D eigenvalue weighted by Crippen LogP contribution is -2.34. The fourth-order valence-corrected chi connectivity index (χ4v) is 3.46. The fourth-order valence-electron chi connectivity index (χ4n) is 3.46. The molecule has 26 heavy (non-hydrogen) atoms. The first-order chi connectivity index (χ1) is 12.5. The molecule has 2 heterocycles. The highest BCUT2D eigenvalue weighted by Gasteiger charge is 2.27. The Bertz CT molecular complexity index is 906. The number of imidazole rings is 1. The average Bonchev–Trinajstić information content (AvgIpc) is 3.17. The maximum Gasteiger partial charge on any atom is 0.245 e. The van der Waals surface area contributed by atoms with E-state index in [2.05, 4.69) is 16.6 Å². The third-order valence-electron chi connectivity index (χ3n) is 4.92. The number of benzene rings is 1. The Kier molecular flexibility index (Phi) is 5.11. The average molecular weight is 354 g/mol. The van der Waals surface area contributed by atoms with E-state index in [1.54, 1.807) is 4.90 Å². The van der Waals surface area contributed by atoms with Crippen LogP contribution in [0.15, 0.2) is 28.8 Å². The molecule has 3 aromatic rings. The summed E-state index contributed by atoms with van der Waals surface area (Å²) in [4.78, 5) is 19.7. The summed E-state index contributed by atoms with van der Waals surface area (Å²) in [6.07, 6.45) is 1.49. The number of aryl methyl sites for hydroxylation is 3. The molecule has 0 N–H and O–H groups in total. The number of para-hydroxylation sites is 2. The zero-order valence-corrected chi connectivity index (χ0v) is 16.1. The van der Waals surface area contributed by atoms with Crippen molar-refractivity contribution in [1.82, 2.24) is 19.6 Å². The van der Waals surface area contributed by atoms with Crippen LogP contribution in [0.3, 0.4) is 0 Å². The highest BCUT2D eigenvalue weighted by atomic mass is 16.5. The van der Waals surface area contributed by atoms with Gasteiger partial charge in [0.2, 0.25) is 5.91 Å². The number of hydrogen-bond acceptors (Lipinski definition) is 4. The lowest BCUT2D eigenvalue weighted by molar-refractivity contribution is -0.134. The summed E-state index contributed by atoms with van der Waals surface area (Å²) in [5.41, 5.74) is 3.75. The van der Waals surface area contributed by atoms with Crippen LogP contribution in [0.1, 0.15) is 49.2 Å². The molecule has 138 valence electrons. The SMILES string of the molecule is CCc1nc2ccccc2n1[C@@H](CC)C(=O)N(C)Cc1c(C)noc1C. The van der Waals surface area contributed by atoms with Gasteiger partial charge in [-0.2, -0.15) is 0 Å².